The molecule has 0 aromatic heterocycles. The summed E-state index contributed by atoms with van der Waals surface area (Å²) < 4.78 is 45.2. The smallest absolute Gasteiger partial charge is 0.381 e. The topological polar surface area (TPSA) is 36.9 Å². The van der Waals surface area contributed by atoms with Gasteiger partial charge >= 0.3 is 6.18 Å². The highest BCUT2D eigenvalue weighted by Crippen LogP contribution is 2.38. The van der Waals surface area contributed by atoms with Gasteiger partial charge in [0.2, 0.25) is 0 Å². The molecule has 0 unspecified atom stereocenters. The zero-order valence-corrected chi connectivity index (χ0v) is 19.6. The van der Waals surface area contributed by atoms with Crippen molar-refractivity contribution in [3.8, 4) is 0 Å². The van der Waals surface area contributed by atoms with Gasteiger partial charge in [0, 0.05) is 45.3 Å². The molecule has 4 nitrogen and oxygen atoms in total. The fourth-order valence-corrected chi connectivity index (χ4v) is 4.23. The van der Waals surface area contributed by atoms with Crippen LogP contribution in [0.15, 0.2) is 29.3 Å². The van der Waals surface area contributed by atoms with E-state index in [1.165, 1.54) is 12.1 Å². The van der Waals surface area contributed by atoms with Gasteiger partial charge in [-0.25, -0.2) is 0 Å². The van der Waals surface area contributed by atoms with Gasteiger partial charge in [-0.15, -0.1) is 24.0 Å². The number of aliphatic imine (C=N–C) groups is 1. The number of benzene rings is 1. The Labute approximate surface area is 188 Å². The average Bonchev–Trinajstić information content (AvgIpc) is 3.02. The lowest BCUT2D eigenvalue weighted by Gasteiger charge is -2.39. The number of nitrogens with zero attached hydrogens (tertiary/aromatic N) is 2. The second-order valence-corrected chi connectivity index (χ2v) is 8.71. The quantitative estimate of drug-likeness (QED) is 0.354. The van der Waals surface area contributed by atoms with Crippen molar-refractivity contribution in [2.45, 2.75) is 44.7 Å². The summed E-state index contributed by atoms with van der Waals surface area (Å²) in [5.74, 6) is 0.823. The maximum Gasteiger partial charge on any atom is 0.416 e. The Hall–Kier alpha value is -1.03. The van der Waals surface area contributed by atoms with Crippen LogP contribution >= 0.6 is 24.0 Å². The molecule has 0 atom stereocenters. The lowest BCUT2D eigenvalue weighted by atomic mass is 9.73. The first-order chi connectivity index (χ1) is 13.2. The van der Waals surface area contributed by atoms with Gasteiger partial charge in [0.05, 0.1) is 5.56 Å². The van der Waals surface area contributed by atoms with E-state index in [1.807, 2.05) is 6.07 Å². The number of halogens is 4. The van der Waals surface area contributed by atoms with Crippen LogP contribution in [0, 0.1) is 5.41 Å². The Bertz CT molecular complexity index is 715. The van der Waals surface area contributed by atoms with E-state index in [2.05, 4.69) is 29.1 Å². The van der Waals surface area contributed by atoms with Gasteiger partial charge in [0.15, 0.2) is 5.96 Å². The monoisotopic (exact) mass is 525 g/mol. The molecule has 2 saturated heterocycles. The van der Waals surface area contributed by atoms with E-state index < -0.39 is 17.2 Å². The molecule has 164 valence electrons. The summed E-state index contributed by atoms with van der Waals surface area (Å²) in [4.78, 5) is 6.66. The first kappa shape index (κ1) is 24.2. The number of guanidine groups is 1. The molecule has 0 radical (unpaired) electrons. The zero-order valence-electron chi connectivity index (χ0n) is 17.3. The molecule has 2 fully saturated rings. The minimum absolute atomic E-state index is 0. The number of hydrogen-bond donors (Lipinski definition) is 1. The van der Waals surface area contributed by atoms with E-state index in [0.29, 0.717) is 32.6 Å². The Morgan fingerprint density at radius 1 is 1.21 bits per heavy atom. The fourth-order valence-electron chi connectivity index (χ4n) is 4.23. The van der Waals surface area contributed by atoms with Crippen LogP contribution in [0.5, 0.6) is 0 Å². The Morgan fingerprint density at radius 3 is 2.45 bits per heavy atom. The number of rotatable bonds is 3. The average molecular weight is 525 g/mol. The minimum atomic E-state index is -4.34. The molecule has 1 N–H and O–H groups in total. The third-order valence-corrected chi connectivity index (χ3v) is 6.03. The summed E-state index contributed by atoms with van der Waals surface area (Å²) in [6.45, 7) is 7.98. The van der Waals surface area contributed by atoms with E-state index in [0.717, 1.165) is 37.1 Å². The number of likely N-dealkylation sites (tertiary alicyclic amines) is 1. The summed E-state index contributed by atoms with van der Waals surface area (Å²) in [6.07, 6.45) is -1.87. The first-order valence-corrected chi connectivity index (χ1v) is 9.86. The maximum atomic E-state index is 13.2. The number of hydrogen-bond acceptors (Lipinski definition) is 2. The fraction of sp³-hybridized carbons (Fsp3) is 0.667. The van der Waals surface area contributed by atoms with Gasteiger partial charge in [0.25, 0.3) is 0 Å². The van der Waals surface area contributed by atoms with Crippen molar-refractivity contribution < 1.29 is 17.9 Å². The molecule has 3 rings (SSSR count). The third kappa shape index (κ3) is 5.77. The van der Waals surface area contributed by atoms with Crippen LogP contribution in [-0.4, -0.2) is 50.8 Å². The van der Waals surface area contributed by atoms with Crippen LogP contribution in [0.25, 0.3) is 0 Å². The summed E-state index contributed by atoms with van der Waals surface area (Å²) in [6, 6.07) is 5.75. The molecule has 29 heavy (non-hydrogen) atoms. The predicted octanol–water partition coefficient (Wildman–Crippen LogP) is 4.68. The lowest BCUT2D eigenvalue weighted by Crippen LogP contribution is -2.49. The number of alkyl halides is 3. The zero-order chi connectivity index (χ0) is 20.4. The van der Waals surface area contributed by atoms with Crippen molar-refractivity contribution in [3.63, 3.8) is 0 Å². The highest BCUT2D eigenvalue weighted by atomic mass is 127. The SMILES string of the molecule is CN=C(NCC1(c2cccc(C(F)(F)F)c2)CCOCC1)N1CCC(C)(C)C1.I. The molecular formula is C21H31F3IN3O. The van der Waals surface area contributed by atoms with Crippen LogP contribution in [0.4, 0.5) is 13.2 Å². The number of ether oxygens (including phenoxy) is 1. The predicted molar refractivity (Wildman–Crippen MR) is 120 cm³/mol. The summed E-state index contributed by atoms with van der Waals surface area (Å²) in [5.41, 5.74) is -0.0310. The molecule has 8 heteroatoms. The van der Waals surface area contributed by atoms with Gasteiger partial charge in [-0.2, -0.15) is 13.2 Å². The van der Waals surface area contributed by atoms with Crippen molar-refractivity contribution in [1.29, 1.82) is 0 Å². The second kappa shape index (κ2) is 9.41. The van der Waals surface area contributed by atoms with E-state index in [9.17, 15) is 13.2 Å². The third-order valence-electron chi connectivity index (χ3n) is 6.03. The Morgan fingerprint density at radius 2 is 1.90 bits per heavy atom. The summed E-state index contributed by atoms with van der Waals surface area (Å²) in [5, 5.41) is 3.46. The molecule has 2 heterocycles. The van der Waals surface area contributed by atoms with Gasteiger partial charge in [-0.1, -0.05) is 32.0 Å². The van der Waals surface area contributed by atoms with Crippen molar-refractivity contribution in [3.05, 3.63) is 35.4 Å². The van der Waals surface area contributed by atoms with Gasteiger partial charge in [-0.3, -0.25) is 4.99 Å². The lowest BCUT2D eigenvalue weighted by molar-refractivity contribution is -0.137. The van der Waals surface area contributed by atoms with Crippen LogP contribution in [0.3, 0.4) is 0 Å². The van der Waals surface area contributed by atoms with Crippen LogP contribution in [0.2, 0.25) is 0 Å². The number of nitrogens with one attached hydrogen (secondary N) is 1. The van der Waals surface area contributed by atoms with E-state index in [1.54, 1.807) is 7.05 Å². The molecule has 0 amide bonds. The van der Waals surface area contributed by atoms with Gasteiger partial charge in [-0.05, 0) is 36.3 Å². The van der Waals surface area contributed by atoms with E-state index >= 15 is 0 Å². The second-order valence-electron chi connectivity index (χ2n) is 8.71. The molecule has 0 spiro atoms. The summed E-state index contributed by atoms with van der Waals surface area (Å²) in [7, 11) is 1.76. The van der Waals surface area contributed by atoms with Crippen molar-refractivity contribution in [2.75, 3.05) is 39.9 Å². The van der Waals surface area contributed by atoms with Crippen LogP contribution in [0.1, 0.15) is 44.2 Å². The molecule has 2 aliphatic rings. The van der Waals surface area contributed by atoms with Crippen molar-refractivity contribution >= 4 is 29.9 Å². The van der Waals surface area contributed by atoms with Crippen LogP contribution < -0.4 is 5.32 Å². The maximum absolute atomic E-state index is 13.2. The van der Waals surface area contributed by atoms with E-state index in [4.69, 9.17) is 4.74 Å². The molecular weight excluding hydrogens is 494 g/mol. The first-order valence-electron chi connectivity index (χ1n) is 9.86. The molecule has 1 aromatic rings. The summed E-state index contributed by atoms with van der Waals surface area (Å²) >= 11 is 0. The Balaban J connectivity index is 0.00000300. The van der Waals surface area contributed by atoms with Crippen LogP contribution in [-0.2, 0) is 16.3 Å². The molecule has 0 aliphatic carbocycles. The Kier molecular flexibility index (Phi) is 7.86. The highest BCUT2D eigenvalue weighted by molar-refractivity contribution is 14.0. The largest absolute Gasteiger partial charge is 0.416 e. The van der Waals surface area contributed by atoms with Gasteiger partial charge in [0.1, 0.15) is 0 Å². The normalized spacial score (nSPS) is 21.6. The van der Waals surface area contributed by atoms with Crippen molar-refractivity contribution in [1.82, 2.24) is 10.2 Å². The molecule has 1 aromatic carbocycles. The van der Waals surface area contributed by atoms with Crippen molar-refractivity contribution in [2.24, 2.45) is 10.4 Å². The minimum Gasteiger partial charge on any atom is -0.381 e. The van der Waals surface area contributed by atoms with Gasteiger partial charge < -0.3 is 15.0 Å². The molecule has 0 saturated carbocycles. The molecule has 0 bridgehead atoms. The highest BCUT2D eigenvalue weighted by Gasteiger charge is 2.38. The standard InChI is InChI=1S/C21H30F3N3O.HI/c1-19(2)7-10-27(15-19)18(25-3)26-14-20(8-11-28-12-9-20)16-5-4-6-17(13-16)21(22,23)24;/h4-6,13H,7-12,14-15H2,1-3H3,(H,25,26);1H. The van der Waals surface area contributed by atoms with E-state index in [-0.39, 0.29) is 29.4 Å². The molecule has 2 aliphatic heterocycles.